The van der Waals surface area contributed by atoms with Gasteiger partial charge in [-0.15, -0.1) is 0 Å². The molecule has 0 fully saturated rings. The van der Waals surface area contributed by atoms with Gasteiger partial charge in [-0.1, -0.05) is 6.07 Å². The highest BCUT2D eigenvalue weighted by molar-refractivity contribution is 5.73. The molecule has 4 nitrogen and oxygen atoms in total. The molecule has 3 N–H and O–H groups in total. The van der Waals surface area contributed by atoms with Crippen molar-refractivity contribution in [1.82, 2.24) is 10.3 Å². The summed E-state index contributed by atoms with van der Waals surface area (Å²) in [5.74, 6) is -0.286. The lowest BCUT2D eigenvalue weighted by Crippen LogP contribution is -2.12. The Labute approximate surface area is 83.5 Å². The van der Waals surface area contributed by atoms with Crippen LogP contribution in [-0.4, -0.2) is 17.9 Å². The molecule has 1 aromatic rings. The second-order valence-electron chi connectivity index (χ2n) is 3.12. The van der Waals surface area contributed by atoms with Gasteiger partial charge < -0.3 is 11.1 Å². The van der Waals surface area contributed by atoms with Crippen LogP contribution in [0.15, 0.2) is 18.2 Å². The number of primary amides is 1. The summed E-state index contributed by atoms with van der Waals surface area (Å²) in [5, 5.41) is 3.02. The fourth-order valence-electron chi connectivity index (χ4n) is 1.20. The van der Waals surface area contributed by atoms with Crippen LogP contribution in [0.25, 0.3) is 0 Å². The molecule has 76 valence electrons. The maximum absolute atomic E-state index is 10.6. The molecule has 0 radical (unpaired) electrons. The van der Waals surface area contributed by atoms with Gasteiger partial charge in [0.2, 0.25) is 5.91 Å². The van der Waals surface area contributed by atoms with E-state index in [4.69, 9.17) is 5.73 Å². The number of nitrogens with two attached hydrogens (primary N) is 1. The highest BCUT2D eigenvalue weighted by atomic mass is 16.1. The summed E-state index contributed by atoms with van der Waals surface area (Å²) in [6.07, 6.45) is 0.975. The first-order chi connectivity index (χ1) is 6.72. The lowest BCUT2D eigenvalue weighted by atomic mass is 10.2. The van der Waals surface area contributed by atoms with Crippen molar-refractivity contribution in [2.75, 3.05) is 7.05 Å². The largest absolute Gasteiger partial charge is 0.370 e. The van der Waals surface area contributed by atoms with Crippen molar-refractivity contribution >= 4 is 5.91 Å². The number of hydrogen-bond acceptors (Lipinski definition) is 3. The van der Waals surface area contributed by atoms with Crippen molar-refractivity contribution in [3.63, 3.8) is 0 Å². The molecule has 0 aliphatic rings. The molecule has 0 aliphatic heterocycles. The van der Waals surface area contributed by atoms with E-state index in [9.17, 15) is 4.79 Å². The monoisotopic (exact) mass is 193 g/mol. The second kappa shape index (κ2) is 5.34. The van der Waals surface area contributed by atoms with Gasteiger partial charge in [0.15, 0.2) is 0 Å². The maximum Gasteiger partial charge on any atom is 0.217 e. The van der Waals surface area contributed by atoms with Crippen molar-refractivity contribution in [3.05, 3.63) is 29.6 Å². The van der Waals surface area contributed by atoms with Crippen LogP contribution in [-0.2, 0) is 17.8 Å². The molecule has 0 spiro atoms. The normalized spacial score (nSPS) is 10.1. The second-order valence-corrected chi connectivity index (χ2v) is 3.12. The van der Waals surface area contributed by atoms with Crippen molar-refractivity contribution in [3.8, 4) is 0 Å². The average Bonchev–Trinajstić information content (AvgIpc) is 2.16. The van der Waals surface area contributed by atoms with E-state index < -0.39 is 0 Å². The molecule has 1 heterocycles. The summed E-state index contributed by atoms with van der Waals surface area (Å²) in [4.78, 5) is 14.9. The Balaban J connectivity index is 2.58. The number of rotatable bonds is 5. The smallest absolute Gasteiger partial charge is 0.217 e. The Morgan fingerprint density at radius 1 is 1.50 bits per heavy atom. The summed E-state index contributed by atoms with van der Waals surface area (Å²) >= 11 is 0. The summed E-state index contributed by atoms with van der Waals surface area (Å²) in [5.41, 5.74) is 6.95. The van der Waals surface area contributed by atoms with E-state index in [1.807, 2.05) is 25.2 Å². The standard InChI is InChI=1S/C10H15N3O/c1-12-7-9-4-2-3-8(13-9)5-6-10(11)14/h2-4,12H,5-7H2,1H3,(H2,11,14). The first kappa shape index (κ1) is 10.7. The third-order valence-electron chi connectivity index (χ3n) is 1.85. The minimum atomic E-state index is -0.286. The van der Waals surface area contributed by atoms with E-state index in [1.165, 1.54) is 0 Å². The van der Waals surface area contributed by atoms with Crippen LogP contribution < -0.4 is 11.1 Å². The van der Waals surface area contributed by atoms with Gasteiger partial charge in [0.05, 0.1) is 5.69 Å². The summed E-state index contributed by atoms with van der Waals surface area (Å²) in [7, 11) is 1.87. The fourth-order valence-corrected chi connectivity index (χ4v) is 1.20. The van der Waals surface area contributed by atoms with Crippen LogP contribution in [0.1, 0.15) is 17.8 Å². The molecule has 0 atom stereocenters. The van der Waals surface area contributed by atoms with Gasteiger partial charge in [-0.25, -0.2) is 0 Å². The van der Waals surface area contributed by atoms with E-state index in [-0.39, 0.29) is 5.91 Å². The van der Waals surface area contributed by atoms with Crippen LogP contribution in [0.3, 0.4) is 0 Å². The molecule has 1 rings (SSSR count). The first-order valence-corrected chi connectivity index (χ1v) is 4.60. The summed E-state index contributed by atoms with van der Waals surface area (Å²) < 4.78 is 0. The molecule has 1 amide bonds. The van der Waals surface area contributed by atoms with E-state index in [1.54, 1.807) is 0 Å². The zero-order chi connectivity index (χ0) is 10.4. The van der Waals surface area contributed by atoms with E-state index in [0.717, 1.165) is 17.9 Å². The molecule has 0 saturated heterocycles. The number of pyridine rings is 1. The Kier molecular flexibility index (Phi) is 4.07. The number of carbonyl (C=O) groups excluding carboxylic acids is 1. The highest BCUT2D eigenvalue weighted by Crippen LogP contribution is 2.01. The van der Waals surface area contributed by atoms with Crippen molar-refractivity contribution in [2.24, 2.45) is 5.73 Å². The van der Waals surface area contributed by atoms with Crippen molar-refractivity contribution < 1.29 is 4.79 Å². The number of aromatic nitrogens is 1. The molecule has 0 aromatic carbocycles. The summed E-state index contributed by atoms with van der Waals surface area (Å²) in [6, 6.07) is 5.79. The van der Waals surface area contributed by atoms with E-state index in [0.29, 0.717) is 12.8 Å². The molecular formula is C10H15N3O. The van der Waals surface area contributed by atoms with Crippen LogP contribution in [0.4, 0.5) is 0 Å². The molecule has 14 heavy (non-hydrogen) atoms. The lowest BCUT2D eigenvalue weighted by molar-refractivity contribution is -0.118. The predicted octanol–water partition coefficient (Wildman–Crippen LogP) is 0.219. The van der Waals surface area contributed by atoms with Gasteiger partial charge >= 0.3 is 0 Å². The predicted molar refractivity (Wildman–Crippen MR) is 54.5 cm³/mol. The lowest BCUT2D eigenvalue weighted by Gasteiger charge is -2.02. The van der Waals surface area contributed by atoms with Crippen LogP contribution >= 0.6 is 0 Å². The number of carbonyl (C=O) groups is 1. The molecule has 0 unspecified atom stereocenters. The molecule has 1 aromatic heterocycles. The zero-order valence-electron chi connectivity index (χ0n) is 8.29. The maximum atomic E-state index is 10.6. The average molecular weight is 193 g/mol. The van der Waals surface area contributed by atoms with Gasteiger partial charge in [-0.2, -0.15) is 0 Å². The molecule has 0 saturated carbocycles. The Bertz CT molecular complexity index is 312. The molecule has 0 aliphatic carbocycles. The summed E-state index contributed by atoms with van der Waals surface area (Å²) in [6.45, 7) is 0.740. The minimum Gasteiger partial charge on any atom is -0.370 e. The topological polar surface area (TPSA) is 68.0 Å². The van der Waals surface area contributed by atoms with Gasteiger partial charge in [0.1, 0.15) is 0 Å². The zero-order valence-corrected chi connectivity index (χ0v) is 8.29. The van der Waals surface area contributed by atoms with E-state index >= 15 is 0 Å². The number of nitrogens with one attached hydrogen (secondary N) is 1. The number of nitrogens with zero attached hydrogens (tertiary/aromatic N) is 1. The number of aryl methyl sites for hydroxylation is 1. The van der Waals surface area contributed by atoms with E-state index in [2.05, 4.69) is 10.3 Å². The third kappa shape index (κ3) is 3.53. The van der Waals surface area contributed by atoms with Gasteiger partial charge in [-0.05, 0) is 25.6 Å². The van der Waals surface area contributed by atoms with Gasteiger partial charge in [0, 0.05) is 18.7 Å². The first-order valence-electron chi connectivity index (χ1n) is 4.60. The highest BCUT2D eigenvalue weighted by Gasteiger charge is 1.99. The van der Waals surface area contributed by atoms with Gasteiger partial charge in [0.25, 0.3) is 0 Å². The van der Waals surface area contributed by atoms with Crippen LogP contribution in [0.5, 0.6) is 0 Å². The Morgan fingerprint density at radius 3 is 2.86 bits per heavy atom. The SMILES string of the molecule is CNCc1cccc(CCC(N)=O)n1. The number of amides is 1. The number of hydrogen-bond donors (Lipinski definition) is 2. The molecule has 0 bridgehead atoms. The quantitative estimate of drug-likeness (QED) is 0.703. The molecule has 4 heteroatoms. The third-order valence-corrected chi connectivity index (χ3v) is 1.85. The van der Waals surface area contributed by atoms with Crippen LogP contribution in [0, 0.1) is 0 Å². The molecular weight excluding hydrogens is 178 g/mol. The minimum absolute atomic E-state index is 0.286. The Hall–Kier alpha value is -1.42. The Morgan fingerprint density at radius 2 is 2.21 bits per heavy atom. The van der Waals surface area contributed by atoms with Crippen LogP contribution in [0.2, 0.25) is 0 Å². The fraction of sp³-hybridized carbons (Fsp3) is 0.400. The van der Waals surface area contributed by atoms with Crippen molar-refractivity contribution in [2.45, 2.75) is 19.4 Å². The van der Waals surface area contributed by atoms with Crippen molar-refractivity contribution in [1.29, 1.82) is 0 Å². The van der Waals surface area contributed by atoms with Gasteiger partial charge in [-0.3, -0.25) is 9.78 Å².